The van der Waals surface area contributed by atoms with Crippen LogP contribution >= 0.6 is 10.8 Å². The van der Waals surface area contributed by atoms with Crippen LogP contribution in [0.15, 0.2) is 47.6 Å². The summed E-state index contributed by atoms with van der Waals surface area (Å²) >= 11 is 0. The molecule has 0 unspecified atom stereocenters. The van der Waals surface area contributed by atoms with E-state index in [4.69, 9.17) is 4.74 Å². The molecular formula is C26H35N3O5S. The van der Waals surface area contributed by atoms with E-state index < -0.39 is 22.9 Å². The number of likely N-dealkylation sites (N-methyl/N-ethyl adjacent to an activating group) is 1. The van der Waals surface area contributed by atoms with E-state index in [1.165, 1.54) is 10.5 Å². The van der Waals surface area contributed by atoms with Gasteiger partial charge in [0.2, 0.25) is 0 Å². The molecule has 1 amide bonds. The predicted octanol–water partition coefficient (Wildman–Crippen LogP) is 3.97. The number of carbonyl (C=O) groups is 1. The van der Waals surface area contributed by atoms with Crippen molar-refractivity contribution in [2.75, 3.05) is 26.7 Å². The van der Waals surface area contributed by atoms with Crippen molar-refractivity contribution < 1.29 is 23.7 Å². The fraction of sp³-hybridized carbons (Fsp3) is 0.462. The Morgan fingerprint density at radius 1 is 1.31 bits per heavy atom. The molecule has 3 atom stereocenters. The summed E-state index contributed by atoms with van der Waals surface area (Å²) in [7, 11) is -1.73. The fourth-order valence-electron chi connectivity index (χ4n) is 3.84. The van der Waals surface area contributed by atoms with Gasteiger partial charge in [-0.25, -0.2) is 0 Å². The number of aromatic nitrogens is 1. The number of ether oxygens (including phenoxy) is 1. The predicted molar refractivity (Wildman–Crippen MR) is 137 cm³/mol. The number of nitrogens with zero attached hydrogens (tertiary/aromatic N) is 3. The summed E-state index contributed by atoms with van der Waals surface area (Å²) in [6, 6.07) is 8.02. The van der Waals surface area contributed by atoms with Gasteiger partial charge in [0.05, 0.1) is 18.7 Å². The van der Waals surface area contributed by atoms with Gasteiger partial charge in [0.25, 0.3) is 5.91 Å². The summed E-state index contributed by atoms with van der Waals surface area (Å²) in [5, 5.41) is 9.83. The van der Waals surface area contributed by atoms with Gasteiger partial charge in [-0.3, -0.25) is 18.9 Å². The van der Waals surface area contributed by atoms with E-state index in [1.54, 1.807) is 55.4 Å². The van der Waals surface area contributed by atoms with Crippen molar-refractivity contribution >= 4 is 16.7 Å². The molecule has 0 fully saturated rings. The molecular weight excluding hydrogens is 466 g/mol. The summed E-state index contributed by atoms with van der Waals surface area (Å²) in [4.78, 5) is 18.8. The van der Waals surface area contributed by atoms with Gasteiger partial charge in [0, 0.05) is 49.4 Å². The van der Waals surface area contributed by atoms with E-state index in [2.05, 4.69) is 16.8 Å². The number of amides is 1. The van der Waals surface area contributed by atoms with Crippen molar-refractivity contribution in [3.05, 3.63) is 53.9 Å². The first-order chi connectivity index (χ1) is 16.5. The molecule has 2 heterocycles. The third-order valence-electron chi connectivity index (χ3n) is 5.92. The van der Waals surface area contributed by atoms with Gasteiger partial charge in [-0.1, -0.05) is 32.6 Å². The van der Waals surface area contributed by atoms with Crippen LogP contribution in [0.4, 0.5) is 0 Å². The number of aliphatic hydroxyl groups excluding tert-OH is 1. The first kappa shape index (κ1) is 27.0. The highest BCUT2D eigenvalue weighted by atomic mass is 32.3. The second kappa shape index (κ2) is 11.4. The molecule has 35 heavy (non-hydrogen) atoms. The minimum Gasteiger partial charge on any atom is -0.486 e. The summed E-state index contributed by atoms with van der Waals surface area (Å²) in [5.74, 6) is 6.33. The molecule has 190 valence electrons. The molecule has 1 aliphatic heterocycles. The Balaban J connectivity index is 2.01. The molecule has 2 aromatic rings. The van der Waals surface area contributed by atoms with Gasteiger partial charge < -0.3 is 14.7 Å². The number of hydrogen-bond donors (Lipinski definition) is 3. The first-order valence-electron chi connectivity index (χ1n) is 11.7. The van der Waals surface area contributed by atoms with E-state index in [1.807, 2.05) is 20.8 Å². The number of rotatable bonds is 5. The van der Waals surface area contributed by atoms with Crippen LogP contribution in [0.2, 0.25) is 0 Å². The number of pyridine rings is 1. The minimum atomic E-state index is -3.43. The Kier molecular flexibility index (Phi) is 8.80. The highest BCUT2D eigenvalue weighted by Gasteiger charge is 2.38. The highest BCUT2D eigenvalue weighted by molar-refractivity contribution is 8.22. The number of fused-ring (bicyclic) bond motifs is 1. The lowest BCUT2D eigenvalue weighted by Crippen LogP contribution is -2.48. The third kappa shape index (κ3) is 6.34. The van der Waals surface area contributed by atoms with E-state index >= 15 is 0 Å². The smallest absolute Gasteiger partial charge is 0.255 e. The van der Waals surface area contributed by atoms with Gasteiger partial charge in [-0.15, -0.1) is 10.8 Å². The Bertz CT molecular complexity index is 1080. The van der Waals surface area contributed by atoms with E-state index in [9.17, 15) is 19.0 Å². The van der Waals surface area contributed by atoms with Crippen LogP contribution in [0.1, 0.15) is 43.6 Å². The Morgan fingerprint density at radius 3 is 2.69 bits per heavy atom. The molecule has 8 nitrogen and oxygen atoms in total. The molecule has 1 aromatic heterocycles. The Morgan fingerprint density at radius 2 is 2.06 bits per heavy atom. The largest absolute Gasteiger partial charge is 0.486 e. The minimum absolute atomic E-state index is 0.180. The fourth-order valence-corrected chi connectivity index (χ4v) is 5.74. The monoisotopic (exact) mass is 501 g/mol. The lowest BCUT2D eigenvalue weighted by atomic mass is 10.0. The van der Waals surface area contributed by atoms with E-state index in [0.717, 1.165) is 0 Å². The second-order valence-electron chi connectivity index (χ2n) is 9.30. The van der Waals surface area contributed by atoms with Crippen LogP contribution in [0.3, 0.4) is 0 Å². The van der Waals surface area contributed by atoms with Gasteiger partial charge in [0.15, 0.2) is 0 Å². The van der Waals surface area contributed by atoms with E-state index in [0.29, 0.717) is 16.9 Å². The lowest BCUT2D eigenvalue weighted by molar-refractivity contribution is 0.0547. The average molecular weight is 502 g/mol. The molecule has 3 rings (SSSR count). The molecule has 0 radical (unpaired) electrons. The zero-order chi connectivity index (χ0) is 25.8. The van der Waals surface area contributed by atoms with Gasteiger partial charge in [-0.2, -0.15) is 4.31 Å². The molecule has 0 bridgehead atoms. The Hall–Kier alpha value is -2.61. The van der Waals surface area contributed by atoms with Gasteiger partial charge in [-0.05, 0) is 37.3 Å². The van der Waals surface area contributed by atoms with E-state index in [-0.39, 0.29) is 42.3 Å². The molecule has 1 aromatic carbocycles. The topological polar surface area (TPSA) is 106 Å². The molecule has 3 N–H and O–H groups in total. The maximum absolute atomic E-state index is 12.9. The highest BCUT2D eigenvalue weighted by Crippen LogP contribution is 2.57. The summed E-state index contributed by atoms with van der Waals surface area (Å²) in [6.07, 6.45) is 2.69. The summed E-state index contributed by atoms with van der Waals surface area (Å²) in [6.45, 7) is 7.98. The van der Waals surface area contributed by atoms with Crippen molar-refractivity contribution in [1.29, 1.82) is 0 Å². The van der Waals surface area contributed by atoms with Crippen molar-refractivity contribution in [1.82, 2.24) is 14.2 Å². The lowest BCUT2D eigenvalue weighted by Gasteiger charge is -2.49. The maximum Gasteiger partial charge on any atom is 0.255 e. The molecule has 0 spiro atoms. The van der Waals surface area contributed by atoms with Crippen LogP contribution < -0.4 is 4.74 Å². The normalized spacial score (nSPS) is 21.4. The van der Waals surface area contributed by atoms with Crippen LogP contribution in [-0.4, -0.2) is 73.2 Å². The van der Waals surface area contributed by atoms with Gasteiger partial charge >= 0.3 is 0 Å². The maximum atomic E-state index is 12.9. The van der Waals surface area contributed by atoms with Crippen LogP contribution in [0.25, 0.3) is 0 Å². The molecule has 1 aliphatic rings. The molecule has 9 heteroatoms. The number of aliphatic hydroxyl groups is 1. The number of hydrogen-bond acceptors (Lipinski definition) is 7. The van der Waals surface area contributed by atoms with Crippen LogP contribution in [-0.2, 0) is 0 Å². The third-order valence-corrected chi connectivity index (χ3v) is 8.01. The first-order valence-corrected chi connectivity index (χ1v) is 13.2. The Labute approximate surface area is 209 Å². The van der Waals surface area contributed by atoms with Gasteiger partial charge in [0.1, 0.15) is 16.7 Å². The van der Waals surface area contributed by atoms with Crippen molar-refractivity contribution in [3.8, 4) is 17.6 Å². The molecule has 0 saturated heterocycles. The van der Waals surface area contributed by atoms with Crippen molar-refractivity contribution in [3.63, 3.8) is 0 Å². The SMILES string of the molecule is CC(C)C#Cc1ccc2c(c1)O[C@@H](CN(C)C(=O)c1cccnc1)[C@H](C)CN([C@@H](C)CO)S2(O)O. The summed E-state index contributed by atoms with van der Waals surface area (Å²) in [5.41, 5.74) is 1.17. The standard InChI is InChI=1S/C26H35N3O5S/c1-18(2)8-9-21-10-11-25-23(13-21)34-24(16-28(5)26(31)22-7-6-12-27-14-22)19(3)15-29(20(4)17-30)35(25,32)33/h6-7,10-14,18-20,24,30,32-33H,15-17H2,1-5H3/t19-,20+,24+/m1/s1. The van der Waals surface area contributed by atoms with Crippen molar-refractivity contribution in [2.24, 2.45) is 11.8 Å². The van der Waals surface area contributed by atoms with Crippen LogP contribution in [0.5, 0.6) is 5.75 Å². The molecule has 0 saturated carbocycles. The number of carbonyl (C=O) groups excluding carboxylic acids is 1. The van der Waals surface area contributed by atoms with Crippen LogP contribution in [0, 0.1) is 23.7 Å². The second-order valence-corrected chi connectivity index (χ2v) is 11.2. The zero-order valence-electron chi connectivity index (χ0n) is 20.9. The zero-order valence-corrected chi connectivity index (χ0v) is 21.7. The van der Waals surface area contributed by atoms with Crippen molar-refractivity contribution in [2.45, 2.75) is 44.7 Å². The summed E-state index contributed by atoms with van der Waals surface area (Å²) < 4.78 is 30.5. The average Bonchev–Trinajstić information content (AvgIpc) is 2.84. The molecule has 0 aliphatic carbocycles. The quantitative estimate of drug-likeness (QED) is 0.533. The number of benzene rings is 1.